The van der Waals surface area contributed by atoms with Gasteiger partial charge in [-0.15, -0.1) is 10.2 Å². The van der Waals surface area contributed by atoms with Crippen LogP contribution in [0.15, 0.2) is 6.20 Å². The van der Waals surface area contributed by atoms with Crippen LogP contribution in [0.5, 0.6) is 0 Å². The van der Waals surface area contributed by atoms with Gasteiger partial charge in [0.1, 0.15) is 12.4 Å². The normalized spacial score (nSPS) is 25.8. The van der Waals surface area contributed by atoms with Crippen LogP contribution in [0.2, 0.25) is 0 Å². The highest BCUT2D eigenvalue weighted by Crippen LogP contribution is 2.38. The average molecular weight is 344 g/mol. The van der Waals surface area contributed by atoms with E-state index >= 15 is 0 Å². The highest BCUT2D eigenvalue weighted by atomic mass is 16.5. The molecule has 0 saturated heterocycles. The fourth-order valence-electron chi connectivity index (χ4n) is 3.69. The van der Waals surface area contributed by atoms with Gasteiger partial charge in [0.15, 0.2) is 5.82 Å². The molecule has 3 atom stereocenters. The van der Waals surface area contributed by atoms with E-state index < -0.39 is 0 Å². The number of rotatable bonds is 4. The summed E-state index contributed by atoms with van der Waals surface area (Å²) in [6.45, 7) is 6.64. The van der Waals surface area contributed by atoms with E-state index in [1.165, 1.54) is 0 Å². The minimum absolute atomic E-state index is 0.156. The zero-order valence-electron chi connectivity index (χ0n) is 14.6. The van der Waals surface area contributed by atoms with Crippen molar-refractivity contribution in [2.75, 3.05) is 18.5 Å². The summed E-state index contributed by atoms with van der Waals surface area (Å²) < 4.78 is 7.58. The van der Waals surface area contributed by atoms with Crippen LogP contribution in [0.3, 0.4) is 0 Å². The van der Waals surface area contributed by atoms with E-state index in [1.54, 1.807) is 0 Å². The second kappa shape index (κ2) is 6.68. The molecule has 2 aliphatic rings. The van der Waals surface area contributed by atoms with Crippen molar-refractivity contribution in [1.29, 1.82) is 0 Å². The maximum absolute atomic E-state index is 10.5. The summed E-state index contributed by atoms with van der Waals surface area (Å²) in [5.74, 6) is 2.89. The molecule has 1 aliphatic heterocycles. The lowest BCUT2D eigenvalue weighted by molar-refractivity contribution is 0.0801. The fourth-order valence-corrected chi connectivity index (χ4v) is 3.69. The number of aryl methyl sites for hydroxylation is 2. The molecule has 2 aromatic heterocycles. The van der Waals surface area contributed by atoms with Crippen molar-refractivity contribution in [3.8, 4) is 0 Å². The van der Waals surface area contributed by atoms with E-state index in [4.69, 9.17) is 4.74 Å². The van der Waals surface area contributed by atoms with Gasteiger partial charge >= 0.3 is 0 Å². The second-order valence-corrected chi connectivity index (χ2v) is 7.02. The van der Waals surface area contributed by atoms with E-state index in [1.807, 2.05) is 20.0 Å². The maximum Gasteiger partial charge on any atom is 0.222 e. The van der Waals surface area contributed by atoms with Gasteiger partial charge in [-0.1, -0.05) is 0 Å². The molecular weight excluding hydrogens is 320 g/mol. The van der Waals surface area contributed by atoms with Gasteiger partial charge in [-0.05, 0) is 32.3 Å². The minimum Gasteiger partial charge on any atom is -0.393 e. The molecule has 0 bridgehead atoms. The zero-order chi connectivity index (χ0) is 17.4. The molecule has 3 heterocycles. The first kappa shape index (κ1) is 16.4. The Kier molecular flexibility index (Phi) is 4.39. The zero-order valence-corrected chi connectivity index (χ0v) is 14.6. The predicted molar refractivity (Wildman–Crippen MR) is 91.1 cm³/mol. The fraction of sp³-hybridized carbons (Fsp3) is 0.647. The van der Waals surface area contributed by atoms with Crippen molar-refractivity contribution in [2.45, 2.75) is 51.9 Å². The van der Waals surface area contributed by atoms with Crippen LogP contribution in [0.25, 0.3) is 0 Å². The number of hydrogen-bond acceptors (Lipinski definition) is 7. The lowest BCUT2D eigenvalue weighted by atomic mass is 10.0. The average Bonchev–Trinajstić information content (AvgIpc) is 3.19. The van der Waals surface area contributed by atoms with Crippen molar-refractivity contribution >= 4 is 5.95 Å². The van der Waals surface area contributed by atoms with Gasteiger partial charge in [0.05, 0.1) is 12.7 Å². The number of fused-ring (bicyclic) bond motifs is 1. The Morgan fingerprint density at radius 2 is 2.20 bits per heavy atom. The first-order valence-corrected chi connectivity index (χ1v) is 8.83. The molecule has 0 aromatic carbocycles. The number of ether oxygens (including phenoxy) is 1. The highest BCUT2D eigenvalue weighted by molar-refractivity contribution is 5.28. The molecule has 8 heteroatoms. The lowest BCUT2D eigenvalue weighted by Gasteiger charge is -2.18. The molecule has 1 fully saturated rings. The van der Waals surface area contributed by atoms with Crippen molar-refractivity contribution in [2.24, 2.45) is 5.92 Å². The van der Waals surface area contributed by atoms with E-state index in [0.717, 1.165) is 42.3 Å². The Morgan fingerprint density at radius 3 is 3.04 bits per heavy atom. The molecule has 2 N–H and O–H groups in total. The van der Waals surface area contributed by atoms with Crippen LogP contribution >= 0.6 is 0 Å². The van der Waals surface area contributed by atoms with E-state index in [9.17, 15) is 5.11 Å². The molecule has 2 aromatic rings. The van der Waals surface area contributed by atoms with E-state index in [-0.39, 0.29) is 17.9 Å². The van der Waals surface area contributed by atoms with Gasteiger partial charge in [-0.25, -0.2) is 9.97 Å². The third-order valence-electron chi connectivity index (χ3n) is 5.32. The molecule has 0 spiro atoms. The Morgan fingerprint density at radius 1 is 1.32 bits per heavy atom. The van der Waals surface area contributed by atoms with Gasteiger partial charge in [-0.3, -0.25) is 0 Å². The van der Waals surface area contributed by atoms with Crippen LogP contribution in [0.4, 0.5) is 5.95 Å². The third-order valence-corrected chi connectivity index (χ3v) is 5.32. The Labute approximate surface area is 146 Å². The van der Waals surface area contributed by atoms with Gasteiger partial charge in [0.25, 0.3) is 0 Å². The standard InChI is InChI=1S/C17H24N6O2/c1-10-7-18-17(20-11(10)2)19-8-13-5-12(6-14(13)24)16-22-21-15-9-25-4-3-23(15)16/h7,12-14,24H,3-6,8-9H2,1-2H3,(H,18,19,20)/t12-,13+,14+/m0/s1. The topological polar surface area (TPSA) is 98.0 Å². The number of hydrogen-bond donors (Lipinski definition) is 2. The maximum atomic E-state index is 10.5. The second-order valence-electron chi connectivity index (χ2n) is 7.02. The summed E-state index contributed by atoms with van der Waals surface area (Å²) in [5.41, 5.74) is 2.05. The Hall–Kier alpha value is -2.06. The first-order valence-electron chi connectivity index (χ1n) is 8.83. The van der Waals surface area contributed by atoms with Crippen LogP contribution in [0.1, 0.15) is 41.7 Å². The number of nitrogens with one attached hydrogen (secondary N) is 1. The number of aliphatic hydroxyl groups excluding tert-OH is 1. The van der Waals surface area contributed by atoms with Gasteiger partial charge < -0.3 is 19.7 Å². The molecular formula is C17H24N6O2. The van der Waals surface area contributed by atoms with Gasteiger partial charge in [0.2, 0.25) is 5.95 Å². The molecule has 1 saturated carbocycles. The third kappa shape index (κ3) is 3.23. The van der Waals surface area contributed by atoms with Crippen LogP contribution in [0, 0.1) is 19.8 Å². The van der Waals surface area contributed by atoms with Crippen molar-refractivity contribution in [3.05, 3.63) is 29.1 Å². The van der Waals surface area contributed by atoms with Gasteiger partial charge in [0, 0.05) is 36.8 Å². The van der Waals surface area contributed by atoms with Crippen LogP contribution in [-0.2, 0) is 17.9 Å². The van der Waals surface area contributed by atoms with Gasteiger partial charge in [-0.2, -0.15) is 0 Å². The molecule has 8 nitrogen and oxygen atoms in total. The summed E-state index contributed by atoms with van der Waals surface area (Å²) in [5, 5.41) is 22.3. The Bertz CT molecular complexity index is 762. The highest BCUT2D eigenvalue weighted by Gasteiger charge is 2.37. The minimum atomic E-state index is -0.350. The SMILES string of the molecule is Cc1cnc(NC[C@H]2C[C@H](c3nnc4n3CCOC4)C[C@H]2O)nc1C. The monoisotopic (exact) mass is 344 g/mol. The summed E-state index contributed by atoms with van der Waals surface area (Å²) in [4.78, 5) is 8.75. The van der Waals surface area contributed by atoms with Crippen LogP contribution < -0.4 is 5.32 Å². The van der Waals surface area contributed by atoms with E-state index in [0.29, 0.717) is 25.7 Å². The Balaban J connectivity index is 1.41. The lowest BCUT2D eigenvalue weighted by Crippen LogP contribution is -2.22. The van der Waals surface area contributed by atoms with Crippen molar-refractivity contribution in [3.63, 3.8) is 0 Å². The van der Waals surface area contributed by atoms with Crippen molar-refractivity contribution in [1.82, 2.24) is 24.7 Å². The largest absolute Gasteiger partial charge is 0.393 e. The summed E-state index contributed by atoms with van der Waals surface area (Å²) in [7, 11) is 0. The molecule has 4 rings (SSSR count). The van der Waals surface area contributed by atoms with E-state index in [2.05, 4.69) is 30.0 Å². The first-order chi connectivity index (χ1) is 12.1. The molecule has 25 heavy (non-hydrogen) atoms. The smallest absolute Gasteiger partial charge is 0.222 e. The summed E-state index contributed by atoms with van der Waals surface area (Å²) in [6, 6.07) is 0. The molecule has 1 aliphatic carbocycles. The molecule has 0 radical (unpaired) electrons. The summed E-state index contributed by atoms with van der Waals surface area (Å²) in [6.07, 6.45) is 3.08. The predicted octanol–water partition coefficient (Wildman–Crippen LogP) is 1.18. The van der Waals surface area contributed by atoms with Crippen LogP contribution in [-0.4, -0.2) is 49.1 Å². The molecule has 0 unspecified atom stereocenters. The number of anilines is 1. The number of aromatic nitrogens is 5. The van der Waals surface area contributed by atoms with Crippen molar-refractivity contribution < 1.29 is 9.84 Å². The molecule has 134 valence electrons. The number of aliphatic hydroxyl groups is 1. The summed E-state index contributed by atoms with van der Waals surface area (Å²) >= 11 is 0. The quantitative estimate of drug-likeness (QED) is 0.859. The molecule has 0 amide bonds. The number of nitrogens with zero attached hydrogens (tertiary/aromatic N) is 5.